The lowest BCUT2D eigenvalue weighted by Crippen LogP contribution is -2.54. The minimum Gasteiger partial charge on any atom is -0.340 e. The van der Waals surface area contributed by atoms with E-state index in [2.05, 4.69) is 39.1 Å². The normalized spacial score (nSPS) is 21.8. The lowest BCUT2D eigenvalue weighted by molar-refractivity contribution is 0.241. The van der Waals surface area contributed by atoms with Crippen LogP contribution < -0.4 is 0 Å². The van der Waals surface area contributed by atoms with Crippen LogP contribution in [0.15, 0.2) is 35.3 Å². The van der Waals surface area contributed by atoms with E-state index in [0.717, 1.165) is 51.5 Å². The van der Waals surface area contributed by atoms with Crippen LogP contribution in [-0.4, -0.2) is 73.0 Å². The maximum Gasteiger partial charge on any atom is 0.217 e. The molecule has 0 unspecified atom stereocenters. The van der Waals surface area contributed by atoms with Gasteiger partial charge in [-0.25, -0.2) is 8.42 Å². The fourth-order valence-electron chi connectivity index (χ4n) is 3.44. The van der Waals surface area contributed by atoms with Gasteiger partial charge in [0.2, 0.25) is 10.0 Å². The number of aliphatic imine (C=N–C) groups is 1. The molecule has 0 amide bonds. The molecule has 1 saturated heterocycles. The molecule has 0 spiro atoms. The molecule has 6 nitrogen and oxygen atoms in total. The van der Waals surface area contributed by atoms with E-state index in [4.69, 9.17) is 0 Å². The second kappa shape index (κ2) is 7.79. The molecular formula is C17H25IN4O2S. The summed E-state index contributed by atoms with van der Waals surface area (Å²) in [5.74, 6) is 1.03. The van der Waals surface area contributed by atoms with Gasteiger partial charge in [-0.05, 0) is 18.4 Å². The molecule has 2 aliphatic heterocycles. The van der Waals surface area contributed by atoms with Crippen LogP contribution in [0.4, 0.5) is 0 Å². The minimum atomic E-state index is -3.04. The van der Waals surface area contributed by atoms with E-state index in [0.29, 0.717) is 13.1 Å². The first-order chi connectivity index (χ1) is 11.6. The Balaban J connectivity index is 0.00000182. The zero-order valence-electron chi connectivity index (χ0n) is 14.2. The molecule has 1 aromatic rings. The summed E-state index contributed by atoms with van der Waals surface area (Å²) in [6.45, 7) is 5.24. The van der Waals surface area contributed by atoms with Gasteiger partial charge < -0.3 is 9.80 Å². The van der Waals surface area contributed by atoms with Crippen molar-refractivity contribution in [2.75, 3.05) is 39.3 Å². The van der Waals surface area contributed by atoms with E-state index < -0.39 is 10.0 Å². The van der Waals surface area contributed by atoms with Gasteiger partial charge in [-0.15, -0.1) is 24.0 Å². The summed E-state index contributed by atoms with van der Waals surface area (Å²) in [5.41, 5.74) is 1.28. The van der Waals surface area contributed by atoms with E-state index in [9.17, 15) is 8.42 Å². The average Bonchev–Trinajstić information content (AvgIpc) is 3.37. The third kappa shape index (κ3) is 4.11. The molecule has 2 fully saturated rings. The highest BCUT2D eigenvalue weighted by atomic mass is 127. The Morgan fingerprint density at radius 1 is 1.00 bits per heavy atom. The lowest BCUT2D eigenvalue weighted by Gasteiger charge is -2.37. The lowest BCUT2D eigenvalue weighted by atomic mass is 10.2. The van der Waals surface area contributed by atoms with Crippen molar-refractivity contribution in [1.82, 2.24) is 14.1 Å². The summed E-state index contributed by atoms with van der Waals surface area (Å²) in [6.07, 6.45) is 1.67. The molecule has 0 N–H and O–H groups in total. The number of benzene rings is 1. The number of guanidine groups is 1. The summed E-state index contributed by atoms with van der Waals surface area (Å²) in [6, 6.07) is 10.4. The standard InChI is InChI=1S/C17H24N4O2S.HI/c22-24(23,16-6-7-16)21-12-10-19(11-13-21)17-18-8-9-20(17)14-15-4-2-1-3-5-15;/h1-5,16H,6-14H2;1H. The zero-order chi connectivity index (χ0) is 16.6. The molecule has 4 rings (SSSR count). The highest BCUT2D eigenvalue weighted by molar-refractivity contribution is 14.0. The summed E-state index contributed by atoms with van der Waals surface area (Å²) in [4.78, 5) is 9.22. The third-order valence-electron chi connectivity index (χ3n) is 4.95. The van der Waals surface area contributed by atoms with Crippen LogP contribution in [0.2, 0.25) is 0 Å². The van der Waals surface area contributed by atoms with Gasteiger partial charge in [0, 0.05) is 39.3 Å². The van der Waals surface area contributed by atoms with E-state index in [1.165, 1.54) is 5.56 Å². The molecule has 0 radical (unpaired) electrons. The van der Waals surface area contributed by atoms with Crippen molar-refractivity contribution in [3.8, 4) is 0 Å². The summed E-state index contributed by atoms with van der Waals surface area (Å²) >= 11 is 0. The molecular weight excluding hydrogens is 451 g/mol. The Bertz CT molecular complexity index is 713. The number of halogens is 1. The number of hydrogen-bond acceptors (Lipinski definition) is 5. The Labute approximate surface area is 167 Å². The largest absolute Gasteiger partial charge is 0.340 e. The molecule has 1 aliphatic carbocycles. The van der Waals surface area contributed by atoms with E-state index in [1.807, 2.05) is 6.07 Å². The van der Waals surface area contributed by atoms with Gasteiger partial charge in [-0.3, -0.25) is 4.99 Å². The quantitative estimate of drug-likeness (QED) is 0.620. The van der Waals surface area contributed by atoms with Crippen molar-refractivity contribution >= 4 is 40.0 Å². The van der Waals surface area contributed by atoms with Crippen LogP contribution in [0.3, 0.4) is 0 Å². The smallest absolute Gasteiger partial charge is 0.217 e. The maximum atomic E-state index is 12.3. The van der Waals surface area contributed by atoms with Crippen LogP contribution in [-0.2, 0) is 16.6 Å². The summed E-state index contributed by atoms with van der Waals surface area (Å²) in [7, 11) is -3.04. The van der Waals surface area contributed by atoms with Gasteiger partial charge >= 0.3 is 0 Å². The molecule has 1 aromatic carbocycles. The van der Waals surface area contributed by atoms with Crippen LogP contribution >= 0.6 is 24.0 Å². The Kier molecular flexibility index (Phi) is 5.89. The first-order valence-electron chi connectivity index (χ1n) is 8.72. The molecule has 0 bridgehead atoms. The Morgan fingerprint density at radius 2 is 1.68 bits per heavy atom. The Morgan fingerprint density at radius 3 is 2.32 bits per heavy atom. The first kappa shape index (κ1) is 18.9. The predicted octanol–water partition coefficient (Wildman–Crippen LogP) is 1.59. The van der Waals surface area contributed by atoms with Gasteiger partial charge in [0.05, 0.1) is 11.8 Å². The number of hydrogen-bond donors (Lipinski definition) is 0. The van der Waals surface area contributed by atoms with E-state index in [1.54, 1.807) is 4.31 Å². The second-order valence-electron chi connectivity index (χ2n) is 6.72. The highest BCUT2D eigenvalue weighted by Crippen LogP contribution is 2.31. The topological polar surface area (TPSA) is 56.2 Å². The number of sulfonamides is 1. The van der Waals surface area contributed by atoms with Crippen molar-refractivity contribution in [3.05, 3.63) is 35.9 Å². The molecule has 0 atom stereocenters. The molecule has 138 valence electrons. The number of nitrogens with zero attached hydrogens (tertiary/aromatic N) is 4. The highest BCUT2D eigenvalue weighted by Gasteiger charge is 2.41. The van der Waals surface area contributed by atoms with Crippen molar-refractivity contribution in [3.63, 3.8) is 0 Å². The first-order valence-corrected chi connectivity index (χ1v) is 10.2. The van der Waals surface area contributed by atoms with Gasteiger partial charge in [-0.2, -0.15) is 4.31 Å². The molecule has 8 heteroatoms. The fraction of sp³-hybridized carbons (Fsp3) is 0.588. The Hall–Kier alpha value is -0.870. The van der Waals surface area contributed by atoms with Crippen LogP contribution in [0.1, 0.15) is 18.4 Å². The third-order valence-corrected chi connectivity index (χ3v) is 7.35. The van der Waals surface area contributed by atoms with Gasteiger partial charge in [0.25, 0.3) is 0 Å². The maximum absolute atomic E-state index is 12.3. The van der Waals surface area contributed by atoms with Crippen molar-refractivity contribution in [2.24, 2.45) is 4.99 Å². The van der Waals surface area contributed by atoms with Crippen LogP contribution in [0.5, 0.6) is 0 Å². The van der Waals surface area contributed by atoms with Crippen LogP contribution in [0.25, 0.3) is 0 Å². The minimum absolute atomic E-state index is 0. The van der Waals surface area contributed by atoms with E-state index >= 15 is 0 Å². The summed E-state index contributed by atoms with van der Waals surface area (Å²) in [5, 5.41) is -0.109. The van der Waals surface area contributed by atoms with Gasteiger partial charge in [0.15, 0.2) is 5.96 Å². The fourth-order valence-corrected chi connectivity index (χ4v) is 5.27. The SMILES string of the molecule is I.O=S(=O)(C1CC1)N1CCN(C2=NCCN2Cc2ccccc2)CC1. The van der Waals surface area contributed by atoms with Crippen molar-refractivity contribution in [2.45, 2.75) is 24.6 Å². The molecule has 25 heavy (non-hydrogen) atoms. The van der Waals surface area contributed by atoms with Crippen molar-refractivity contribution in [1.29, 1.82) is 0 Å². The predicted molar refractivity (Wildman–Crippen MR) is 110 cm³/mol. The molecule has 0 aromatic heterocycles. The van der Waals surface area contributed by atoms with Gasteiger partial charge in [-0.1, -0.05) is 30.3 Å². The number of piperazine rings is 1. The van der Waals surface area contributed by atoms with E-state index in [-0.39, 0.29) is 29.2 Å². The monoisotopic (exact) mass is 476 g/mol. The number of rotatable bonds is 4. The van der Waals surface area contributed by atoms with Crippen LogP contribution in [0, 0.1) is 0 Å². The summed E-state index contributed by atoms with van der Waals surface area (Å²) < 4.78 is 26.4. The average molecular weight is 476 g/mol. The molecule has 3 aliphatic rings. The zero-order valence-corrected chi connectivity index (χ0v) is 17.4. The van der Waals surface area contributed by atoms with Gasteiger partial charge in [0.1, 0.15) is 0 Å². The molecule has 2 heterocycles. The van der Waals surface area contributed by atoms with Crippen molar-refractivity contribution < 1.29 is 8.42 Å². The molecule has 1 saturated carbocycles. The second-order valence-corrected chi connectivity index (χ2v) is 8.93.